The number of imidazole rings is 1. The molecule has 0 fully saturated rings. The van der Waals surface area contributed by atoms with Crippen LogP contribution in [0.15, 0.2) is 35.2 Å². The maximum absolute atomic E-state index is 13.0. The van der Waals surface area contributed by atoms with Gasteiger partial charge in [-0.3, -0.25) is 14.0 Å². The van der Waals surface area contributed by atoms with Gasteiger partial charge in [-0.15, -0.1) is 0 Å². The summed E-state index contributed by atoms with van der Waals surface area (Å²) >= 11 is 1.51. The van der Waals surface area contributed by atoms with Crippen LogP contribution in [0.25, 0.3) is 16.9 Å². The molecule has 0 aliphatic rings. The van der Waals surface area contributed by atoms with Gasteiger partial charge in [-0.1, -0.05) is 13.8 Å². The van der Waals surface area contributed by atoms with Gasteiger partial charge >= 0.3 is 0 Å². The van der Waals surface area contributed by atoms with E-state index in [1.807, 2.05) is 30.7 Å². The summed E-state index contributed by atoms with van der Waals surface area (Å²) in [5, 5.41) is 16.3. The first-order chi connectivity index (χ1) is 12.5. The Morgan fingerprint density at radius 2 is 2.23 bits per heavy atom. The van der Waals surface area contributed by atoms with Crippen molar-refractivity contribution in [1.82, 2.24) is 14.7 Å². The molecule has 1 atom stereocenters. The van der Waals surface area contributed by atoms with Crippen molar-refractivity contribution >= 4 is 29.2 Å². The highest BCUT2D eigenvalue weighted by Gasteiger charge is 2.24. The summed E-state index contributed by atoms with van der Waals surface area (Å²) < 4.78 is 1.63. The SMILES string of the molecule is CC(C)C[C@@H](CO)NC(=O)c1c(-c2ccsc2)nc2c(C=O)cccn12. The van der Waals surface area contributed by atoms with Crippen LogP contribution in [0, 0.1) is 5.92 Å². The van der Waals surface area contributed by atoms with Crippen molar-refractivity contribution in [2.24, 2.45) is 5.92 Å². The number of hydrogen-bond donors (Lipinski definition) is 2. The van der Waals surface area contributed by atoms with E-state index in [9.17, 15) is 14.7 Å². The van der Waals surface area contributed by atoms with E-state index in [0.29, 0.717) is 34.9 Å². The van der Waals surface area contributed by atoms with Crippen molar-refractivity contribution in [2.75, 3.05) is 6.61 Å². The topological polar surface area (TPSA) is 83.7 Å². The number of carbonyl (C=O) groups excluding carboxylic acids is 2. The van der Waals surface area contributed by atoms with Crippen LogP contribution in [0.4, 0.5) is 0 Å². The molecule has 0 aliphatic carbocycles. The normalized spacial score (nSPS) is 12.5. The molecule has 0 radical (unpaired) electrons. The van der Waals surface area contributed by atoms with Crippen molar-refractivity contribution in [1.29, 1.82) is 0 Å². The van der Waals surface area contributed by atoms with Gasteiger partial charge in [-0.25, -0.2) is 4.98 Å². The van der Waals surface area contributed by atoms with Crippen LogP contribution in [-0.2, 0) is 0 Å². The van der Waals surface area contributed by atoms with Crippen molar-refractivity contribution in [2.45, 2.75) is 26.3 Å². The van der Waals surface area contributed by atoms with Crippen LogP contribution >= 0.6 is 11.3 Å². The Kier molecular flexibility index (Phi) is 5.49. The summed E-state index contributed by atoms with van der Waals surface area (Å²) in [5.74, 6) is 0.0223. The van der Waals surface area contributed by atoms with Gasteiger partial charge in [0.1, 0.15) is 17.0 Å². The van der Waals surface area contributed by atoms with Crippen LogP contribution < -0.4 is 5.32 Å². The standard InChI is InChI=1S/C19H21N3O3S/c1-12(2)8-15(10-24)20-19(25)17-16(14-5-7-26-11-14)21-18-13(9-23)4-3-6-22(17)18/h3-7,9,11-12,15,24H,8,10H2,1-2H3,(H,20,25)/t15-/m0/s1. The van der Waals surface area contributed by atoms with E-state index in [4.69, 9.17) is 0 Å². The molecular formula is C19H21N3O3S. The fraction of sp³-hybridized carbons (Fsp3) is 0.316. The van der Waals surface area contributed by atoms with Crippen molar-refractivity contribution in [3.05, 3.63) is 46.4 Å². The van der Waals surface area contributed by atoms with Crippen LogP contribution in [-0.4, -0.2) is 39.3 Å². The predicted octanol–water partition coefficient (Wildman–Crippen LogP) is 3.01. The molecule has 0 saturated heterocycles. The van der Waals surface area contributed by atoms with E-state index in [1.54, 1.807) is 22.7 Å². The van der Waals surface area contributed by atoms with Crippen LogP contribution in [0.1, 0.15) is 41.1 Å². The number of carbonyl (C=O) groups is 2. The van der Waals surface area contributed by atoms with E-state index in [0.717, 1.165) is 11.8 Å². The zero-order chi connectivity index (χ0) is 18.7. The molecule has 3 aromatic heterocycles. The molecule has 0 saturated carbocycles. The first-order valence-corrected chi connectivity index (χ1v) is 9.40. The molecule has 0 aromatic carbocycles. The van der Waals surface area contributed by atoms with Crippen molar-refractivity contribution < 1.29 is 14.7 Å². The summed E-state index contributed by atoms with van der Waals surface area (Å²) in [6, 6.07) is 4.94. The summed E-state index contributed by atoms with van der Waals surface area (Å²) in [5.41, 5.74) is 2.58. The summed E-state index contributed by atoms with van der Waals surface area (Å²) in [6.07, 6.45) is 3.12. The number of aromatic nitrogens is 2. The maximum atomic E-state index is 13.0. The lowest BCUT2D eigenvalue weighted by atomic mass is 10.0. The Morgan fingerprint density at radius 1 is 1.42 bits per heavy atom. The molecule has 3 rings (SSSR count). The zero-order valence-corrected chi connectivity index (χ0v) is 15.5. The molecule has 1 amide bonds. The minimum absolute atomic E-state index is 0.131. The fourth-order valence-corrected chi connectivity index (χ4v) is 3.64. The molecule has 0 spiro atoms. The molecule has 3 aromatic rings. The first-order valence-electron chi connectivity index (χ1n) is 8.45. The minimum atomic E-state index is -0.336. The highest BCUT2D eigenvalue weighted by molar-refractivity contribution is 7.08. The molecule has 0 aliphatic heterocycles. The number of rotatable bonds is 7. The Labute approximate surface area is 155 Å². The fourth-order valence-electron chi connectivity index (χ4n) is 3.00. The molecular weight excluding hydrogens is 350 g/mol. The number of nitrogens with zero attached hydrogens (tertiary/aromatic N) is 2. The molecule has 0 bridgehead atoms. The second kappa shape index (κ2) is 7.80. The smallest absolute Gasteiger partial charge is 0.270 e. The van der Waals surface area contributed by atoms with Crippen molar-refractivity contribution in [3.63, 3.8) is 0 Å². The van der Waals surface area contributed by atoms with E-state index < -0.39 is 0 Å². The van der Waals surface area contributed by atoms with Crippen LogP contribution in [0.3, 0.4) is 0 Å². The van der Waals surface area contributed by atoms with Crippen LogP contribution in [0.2, 0.25) is 0 Å². The minimum Gasteiger partial charge on any atom is -0.394 e. The average molecular weight is 371 g/mol. The highest BCUT2D eigenvalue weighted by atomic mass is 32.1. The van der Waals surface area contributed by atoms with E-state index in [-0.39, 0.29) is 18.6 Å². The number of pyridine rings is 1. The maximum Gasteiger partial charge on any atom is 0.270 e. The molecule has 136 valence electrons. The van der Waals surface area contributed by atoms with E-state index in [2.05, 4.69) is 10.3 Å². The molecule has 0 unspecified atom stereocenters. The molecule has 7 heteroatoms. The number of fused-ring (bicyclic) bond motifs is 1. The lowest BCUT2D eigenvalue weighted by Gasteiger charge is -2.18. The quantitative estimate of drug-likeness (QED) is 0.626. The molecule has 3 heterocycles. The molecule has 26 heavy (non-hydrogen) atoms. The Balaban J connectivity index is 2.09. The number of amides is 1. The summed E-state index contributed by atoms with van der Waals surface area (Å²) in [6.45, 7) is 3.94. The second-order valence-electron chi connectivity index (χ2n) is 6.58. The van der Waals surface area contributed by atoms with Gasteiger partial charge in [0.25, 0.3) is 5.91 Å². The number of nitrogens with one attached hydrogen (secondary N) is 1. The number of thiophene rings is 1. The molecule has 6 nitrogen and oxygen atoms in total. The Hall–Kier alpha value is -2.51. The lowest BCUT2D eigenvalue weighted by Crippen LogP contribution is -2.39. The summed E-state index contributed by atoms with van der Waals surface area (Å²) in [7, 11) is 0. The number of aliphatic hydroxyl groups excluding tert-OH is 1. The van der Waals surface area contributed by atoms with E-state index >= 15 is 0 Å². The Morgan fingerprint density at radius 3 is 2.85 bits per heavy atom. The van der Waals surface area contributed by atoms with Crippen molar-refractivity contribution in [3.8, 4) is 11.3 Å². The van der Waals surface area contributed by atoms with Crippen LogP contribution in [0.5, 0.6) is 0 Å². The Bertz CT molecular complexity index is 916. The predicted molar refractivity (Wildman–Crippen MR) is 102 cm³/mol. The number of aldehydes is 1. The zero-order valence-electron chi connectivity index (χ0n) is 14.7. The van der Waals surface area contributed by atoms with Gasteiger partial charge in [0.2, 0.25) is 0 Å². The first kappa shape index (κ1) is 18.3. The third kappa shape index (κ3) is 3.54. The molecule has 2 N–H and O–H groups in total. The van der Waals surface area contributed by atoms with Gasteiger partial charge in [0.05, 0.1) is 18.2 Å². The highest BCUT2D eigenvalue weighted by Crippen LogP contribution is 2.27. The van der Waals surface area contributed by atoms with Gasteiger partial charge < -0.3 is 10.4 Å². The number of hydrogen-bond acceptors (Lipinski definition) is 5. The number of aliphatic hydroxyl groups is 1. The van der Waals surface area contributed by atoms with E-state index in [1.165, 1.54) is 11.3 Å². The second-order valence-corrected chi connectivity index (χ2v) is 7.36. The summed E-state index contributed by atoms with van der Waals surface area (Å²) in [4.78, 5) is 28.9. The monoisotopic (exact) mass is 371 g/mol. The van der Waals surface area contributed by atoms with Gasteiger partial charge in [0.15, 0.2) is 6.29 Å². The van der Waals surface area contributed by atoms with Gasteiger partial charge in [0, 0.05) is 17.1 Å². The third-order valence-electron chi connectivity index (χ3n) is 4.13. The largest absolute Gasteiger partial charge is 0.394 e. The third-order valence-corrected chi connectivity index (χ3v) is 4.81. The van der Waals surface area contributed by atoms with Gasteiger partial charge in [-0.05, 0) is 35.9 Å². The lowest BCUT2D eigenvalue weighted by molar-refractivity contribution is 0.0902. The average Bonchev–Trinajstić information content (AvgIpc) is 3.27. The van der Waals surface area contributed by atoms with Gasteiger partial charge in [-0.2, -0.15) is 11.3 Å².